The van der Waals surface area contributed by atoms with E-state index in [2.05, 4.69) is 4.98 Å². The zero-order chi connectivity index (χ0) is 14.4. The second-order valence-corrected chi connectivity index (χ2v) is 4.42. The molecule has 0 aliphatic carbocycles. The van der Waals surface area contributed by atoms with Gasteiger partial charge in [0.2, 0.25) is 0 Å². The summed E-state index contributed by atoms with van der Waals surface area (Å²) in [5.74, 6) is 0.132. The van der Waals surface area contributed by atoms with E-state index in [-0.39, 0.29) is 19.1 Å². The lowest BCUT2D eigenvalue weighted by Gasteiger charge is -2.20. The smallest absolute Gasteiger partial charge is 0.253 e. The zero-order valence-corrected chi connectivity index (χ0v) is 11.6. The van der Waals surface area contributed by atoms with E-state index in [1.165, 1.54) is 12.0 Å². The molecule has 1 atom stereocenters. The topological polar surface area (TPSA) is 88.7 Å². The minimum Gasteiger partial charge on any atom is -0.389 e. The van der Waals surface area contributed by atoms with Gasteiger partial charge in [-0.1, -0.05) is 6.92 Å². The third kappa shape index (κ3) is 4.50. The molecule has 3 N–H and O–H groups in total. The Morgan fingerprint density at radius 3 is 2.84 bits per heavy atom. The fraction of sp³-hybridized carbons (Fsp3) is 0.538. The SMILES string of the molecule is CCc1cc(C(=O)N(C)CC(O)COC)cc(N)n1. The summed E-state index contributed by atoms with van der Waals surface area (Å²) in [5.41, 5.74) is 6.93. The number of anilines is 1. The maximum atomic E-state index is 12.2. The summed E-state index contributed by atoms with van der Waals surface area (Å²) in [4.78, 5) is 17.8. The maximum absolute atomic E-state index is 12.2. The molecule has 0 aromatic carbocycles. The van der Waals surface area contributed by atoms with Crippen molar-refractivity contribution in [2.24, 2.45) is 0 Å². The van der Waals surface area contributed by atoms with Gasteiger partial charge in [0.1, 0.15) is 5.82 Å². The van der Waals surface area contributed by atoms with Gasteiger partial charge in [-0.25, -0.2) is 4.98 Å². The number of aliphatic hydroxyl groups is 1. The standard InChI is InChI=1S/C13H21N3O3/c1-4-10-5-9(6-12(14)15-10)13(18)16(2)7-11(17)8-19-3/h5-6,11,17H,4,7-8H2,1-3H3,(H2,14,15). The Labute approximate surface area is 113 Å². The van der Waals surface area contributed by atoms with Crippen molar-refractivity contribution in [2.45, 2.75) is 19.4 Å². The van der Waals surface area contributed by atoms with Crippen LogP contribution in [-0.2, 0) is 11.2 Å². The van der Waals surface area contributed by atoms with Crippen molar-refractivity contribution in [2.75, 3.05) is 33.0 Å². The van der Waals surface area contributed by atoms with Crippen molar-refractivity contribution in [1.82, 2.24) is 9.88 Å². The van der Waals surface area contributed by atoms with E-state index >= 15 is 0 Å². The fourth-order valence-corrected chi connectivity index (χ4v) is 1.78. The third-order valence-corrected chi connectivity index (χ3v) is 2.70. The highest BCUT2D eigenvalue weighted by atomic mass is 16.5. The van der Waals surface area contributed by atoms with Crippen molar-refractivity contribution < 1.29 is 14.6 Å². The van der Waals surface area contributed by atoms with Gasteiger partial charge in [0.05, 0.1) is 12.7 Å². The molecule has 0 bridgehead atoms. The van der Waals surface area contributed by atoms with Gasteiger partial charge in [-0.15, -0.1) is 0 Å². The molecule has 1 heterocycles. The summed E-state index contributed by atoms with van der Waals surface area (Å²) in [6, 6.07) is 3.26. The predicted molar refractivity (Wildman–Crippen MR) is 72.9 cm³/mol. The van der Waals surface area contributed by atoms with E-state index in [4.69, 9.17) is 10.5 Å². The maximum Gasteiger partial charge on any atom is 0.253 e. The number of methoxy groups -OCH3 is 1. The summed E-state index contributed by atoms with van der Waals surface area (Å²) in [6.45, 7) is 2.34. The third-order valence-electron chi connectivity index (χ3n) is 2.70. The molecule has 1 aromatic heterocycles. The summed E-state index contributed by atoms with van der Waals surface area (Å²) in [7, 11) is 3.13. The van der Waals surface area contributed by atoms with E-state index < -0.39 is 6.10 Å². The van der Waals surface area contributed by atoms with Crippen LogP contribution in [0.5, 0.6) is 0 Å². The molecule has 106 valence electrons. The highest BCUT2D eigenvalue weighted by Gasteiger charge is 2.16. The van der Waals surface area contributed by atoms with Gasteiger partial charge in [0, 0.05) is 32.0 Å². The number of pyridine rings is 1. The Kier molecular flexibility index (Phi) is 5.72. The molecule has 0 spiro atoms. The van der Waals surface area contributed by atoms with Crippen LogP contribution in [0.15, 0.2) is 12.1 Å². The van der Waals surface area contributed by atoms with Crippen LogP contribution in [0.2, 0.25) is 0 Å². The number of carbonyl (C=O) groups excluding carboxylic acids is 1. The lowest BCUT2D eigenvalue weighted by molar-refractivity contribution is 0.0380. The second kappa shape index (κ2) is 7.06. The van der Waals surface area contributed by atoms with E-state index in [0.29, 0.717) is 17.8 Å². The van der Waals surface area contributed by atoms with Gasteiger partial charge < -0.3 is 20.5 Å². The van der Waals surface area contributed by atoms with Gasteiger partial charge in [-0.2, -0.15) is 0 Å². The fourth-order valence-electron chi connectivity index (χ4n) is 1.78. The number of aryl methyl sites for hydroxylation is 1. The molecule has 1 unspecified atom stereocenters. The number of nitrogen functional groups attached to an aromatic ring is 1. The van der Waals surface area contributed by atoms with Crippen LogP contribution in [-0.4, -0.2) is 54.3 Å². The second-order valence-electron chi connectivity index (χ2n) is 4.42. The number of rotatable bonds is 6. The van der Waals surface area contributed by atoms with Crippen molar-refractivity contribution in [1.29, 1.82) is 0 Å². The van der Waals surface area contributed by atoms with E-state index in [0.717, 1.165) is 5.69 Å². The van der Waals surface area contributed by atoms with Gasteiger partial charge in [-0.3, -0.25) is 4.79 Å². The van der Waals surface area contributed by atoms with E-state index in [1.54, 1.807) is 19.2 Å². The summed E-state index contributed by atoms with van der Waals surface area (Å²) in [5, 5.41) is 9.61. The molecule has 0 saturated heterocycles. The number of aliphatic hydroxyl groups excluding tert-OH is 1. The quantitative estimate of drug-likeness (QED) is 0.774. The number of nitrogens with zero attached hydrogens (tertiary/aromatic N) is 2. The molecule has 1 aromatic rings. The van der Waals surface area contributed by atoms with Gasteiger partial charge >= 0.3 is 0 Å². The summed E-state index contributed by atoms with van der Waals surface area (Å²) >= 11 is 0. The molecule has 1 amide bonds. The lowest BCUT2D eigenvalue weighted by Crippen LogP contribution is -2.36. The van der Waals surface area contributed by atoms with Crippen molar-refractivity contribution >= 4 is 11.7 Å². The monoisotopic (exact) mass is 267 g/mol. The van der Waals surface area contributed by atoms with Crippen LogP contribution in [0.1, 0.15) is 23.0 Å². The van der Waals surface area contributed by atoms with Crippen LogP contribution in [0.3, 0.4) is 0 Å². The van der Waals surface area contributed by atoms with Gasteiger partial charge in [0.15, 0.2) is 0 Å². The number of hydrogen-bond acceptors (Lipinski definition) is 5. The Hall–Kier alpha value is -1.66. The number of ether oxygens (including phenoxy) is 1. The normalized spacial score (nSPS) is 12.2. The molecule has 6 heteroatoms. The number of nitrogens with two attached hydrogens (primary N) is 1. The lowest BCUT2D eigenvalue weighted by atomic mass is 10.1. The Morgan fingerprint density at radius 2 is 2.26 bits per heavy atom. The number of hydrogen-bond donors (Lipinski definition) is 2. The largest absolute Gasteiger partial charge is 0.389 e. The molecular weight excluding hydrogens is 246 g/mol. The van der Waals surface area contributed by atoms with E-state index in [9.17, 15) is 9.90 Å². The van der Waals surface area contributed by atoms with Crippen molar-refractivity contribution in [3.63, 3.8) is 0 Å². The first-order valence-electron chi connectivity index (χ1n) is 6.16. The van der Waals surface area contributed by atoms with Gasteiger partial charge in [0.25, 0.3) is 5.91 Å². The Morgan fingerprint density at radius 1 is 1.58 bits per heavy atom. The minimum atomic E-state index is -0.705. The molecular formula is C13H21N3O3. The van der Waals surface area contributed by atoms with Crippen molar-refractivity contribution in [3.8, 4) is 0 Å². The van der Waals surface area contributed by atoms with Crippen LogP contribution < -0.4 is 5.73 Å². The average molecular weight is 267 g/mol. The molecule has 0 radical (unpaired) electrons. The molecule has 0 fully saturated rings. The first-order chi connectivity index (χ1) is 8.97. The number of amides is 1. The van der Waals surface area contributed by atoms with Crippen LogP contribution in [0, 0.1) is 0 Å². The number of carbonyl (C=O) groups is 1. The Bertz CT molecular complexity index is 437. The van der Waals surface area contributed by atoms with Crippen LogP contribution >= 0.6 is 0 Å². The highest BCUT2D eigenvalue weighted by Crippen LogP contribution is 2.11. The molecule has 19 heavy (non-hydrogen) atoms. The number of aromatic nitrogens is 1. The van der Waals surface area contributed by atoms with Gasteiger partial charge in [-0.05, 0) is 18.6 Å². The van der Waals surface area contributed by atoms with E-state index in [1.807, 2.05) is 6.92 Å². The number of likely N-dealkylation sites (N-methyl/N-ethyl adjacent to an activating group) is 1. The zero-order valence-electron chi connectivity index (χ0n) is 11.6. The first kappa shape index (κ1) is 15.4. The summed E-state index contributed by atoms with van der Waals surface area (Å²) in [6.07, 6.45) is 0.00482. The summed E-state index contributed by atoms with van der Waals surface area (Å²) < 4.78 is 4.83. The molecule has 1 rings (SSSR count). The molecule has 0 aliphatic rings. The van der Waals surface area contributed by atoms with Crippen LogP contribution in [0.25, 0.3) is 0 Å². The minimum absolute atomic E-state index is 0.191. The first-order valence-corrected chi connectivity index (χ1v) is 6.16. The molecule has 6 nitrogen and oxygen atoms in total. The van der Waals surface area contributed by atoms with Crippen LogP contribution in [0.4, 0.5) is 5.82 Å². The molecule has 0 aliphatic heterocycles. The molecule has 0 saturated carbocycles. The average Bonchev–Trinajstić information content (AvgIpc) is 2.37. The predicted octanol–water partition coefficient (Wildman–Crippen LogP) is 0.305. The van der Waals surface area contributed by atoms with Crippen molar-refractivity contribution in [3.05, 3.63) is 23.4 Å². The highest BCUT2D eigenvalue weighted by molar-refractivity contribution is 5.94. The Balaban J connectivity index is 2.79.